The van der Waals surface area contributed by atoms with Crippen molar-refractivity contribution in [3.8, 4) is 5.75 Å². The Morgan fingerprint density at radius 2 is 1.83 bits per heavy atom. The molecule has 0 spiro atoms. The molecule has 0 radical (unpaired) electrons. The number of imide groups is 2. The average Bonchev–Trinajstić information content (AvgIpc) is 2.64. The van der Waals surface area contributed by atoms with Crippen LogP contribution in [0.2, 0.25) is 0 Å². The van der Waals surface area contributed by atoms with Crippen molar-refractivity contribution < 1.29 is 29.0 Å². The number of hydrogen-bond acceptors (Lipinski definition) is 5. The molecule has 2 aromatic rings. The highest BCUT2D eigenvalue weighted by Gasteiger charge is 2.36. The minimum absolute atomic E-state index is 0.193. The van der Waals surface area contributed by atoms with E-state index in [-0.39, 0.29) is 5.57 Å². The number of carboxylic acid groups (broad SMARTS) is 1. The zero-order valence-corrected chi connectivity index (χ0v) is 19.8. The first kappa shape index (κ1) is 22.2. The lowest BCUT2D eigenvalue weighted by molar-refractivity contribution is -0.139. The first-order valence-electron chi connectivity index (χ1n) is 8.49. The molecule has 0 bridgehead atoms. The number of ether oxygens (including phenoxy) is 1. The summed E-state index contributed by atoms with van der Waals surface area (Å²) in [5.74, 6) is -2.22. The summed E-state index contributed by atoms with van der Waals surface area (Å²) < 4.78 is 6.51. The normalized spacial score (nSPS) is 15.4. The Bertz CT molecular complexity index is 1090. The van der Waals surface area contributed by atoms with Crippen molar-refractivity contribution in [3.05, 3.63) is 60.2 Å². The molecule has 1 fully saturated rings. The van der Waals surface area contributed by atoms with Crippen LogP contribution in [0, 0.1) is 14.1 Å². The Labute approximate surface area is 198 Å². The Morgan fingerprint density at radius 1 is 1.17 bits per heavy atom. The van der Waals surface area contributed by atoms with Crippen molar-refractivity contribution in [2.75, 3.05) is 11.5 Å². The molecule has 0 aliphatic carbocycles. The zero-order chi connectivity index (χ0) is 22.0. The maximum absolute atomic E-state index is 13.0. The Morgan fingerprint density at radius 3 is 2.43 bits per heavy atom. The molecular weight excluding hydrogens is 618 g/mol. The number of urea groups is 1. The van der Waals surface area contributed by atoms with Crippen LogP contribution in [0.25, 0.3) is 6.08 Å². The number of aryl methyl sites for hydroxylation is 1. The van der Waals surface area contributed by atoms with Crippen LogP contribution in [0.1, 0.15) is 11.1 Å². The van der Waals surface area contributed by atoms with Crippen molar-refractivity contribution in [1.29, 1.82) is 0 Å². The summed E-state index contributed by atoms with van der Waals surface area (Å²) >= 11 is 3.96. The van der Waals surface area contributed by atoms with E-state index >= 15 is 0 Å². The average molecular weight is 632 g/mol. The molecule has 1 heterocycles. The fourth-order valence-electron chi connectivity index (χ4n) is 2.76. The predicted octanol–water partition coefficient (Wildman–Crippen LogP) is 3.33. The van der Waals surface area contributed by atoms with E-state index in [4.69, 9.17) is 9.84 Å². The van der Waals surface area contributed by atoms with E-state index in [1.807, 2.05) is 58.2 Å². The van der Waals surface area contributed by atoms with Crippen molar-refractivity contribution in [2.24, 2.45) is 0 Å². The second-order valence-corrected chi connectivity index (χ2v) is 8.62. The van der Waals surface area contributed by atoms with Gasteiger partial charge in [-0.15, -0.1) is 0 Å². The molecule has 1 aliphatic rings. The fraction of sp³-hybridized carbons (Fsp3) is 0.100. The van der Waals surface area contributed by atoms with E-state index in [9.17, 15) is 19.2 Å². The number of nitrogens with one attached hydrogen (secondary N) is 1. The van der Waals surface area contributed by atoms with Crippen LogP contribution < -0.4 is 15.0 Å². The van der Waals surface area contributed by atoms with Gasteiger partial charge in [-0.3, -0.25) is 14.9 Å². The minimum Gasteiger partial charge on any atom is -0.480 e. The third kappa shape index (κ3) is 4.80. The number of carbonyl (C=O) groups is 4. The highest BCUT2D eigenvalue weighted by Crippen LogP contribution is 2.30. The number of nitrogens with zero attached hydrogens (tertiary/aromatic N) is 1. The number of benzene rings is 2. The third-order valence-electron chi connectivity index (χ3n) is 4.03. The van der Waals surface area contributed by atoms with Crippen LogP contribution in [-0.4, -0.2) is 35.5 Å². The summed E-state index contributed by atoms with van der Waals surface area (Å²) in [6.45, 7) is 1.34. The second-order valence-electron chi connectivity index (χ2n) is 6.29. The molecule has 2 aromatic carbocycles. The highest BCUT2D eigenvalue weighted by molar-refractivity contribution is 14.1. The predicted molar refractivity (Wildman–Crippen MR) is 125 cm³/mol. The third-order valence-corrected chi connectivity index (χ3v) is 5.64. The van der Waals surface area contributed by atoms with Gasteiger partial charge in [-0.25, -0.2) is 14.5 Å². The molecule has 0 saturated carbocycles. The van der Waals surface area contributed by atoms with E-state index < -0.39 is 30.4 Å². The van der Waals surface area contributed by atoms with Gasteiger partial charge >= 0.3 is 12.0 Å². The number of hydrogen-bond donors (Lipinski definition) is 2. The van der Waals surface area contributed by atoms with Crippen molar-refractivity contribution >= 4 is 80.8 Å². The Hall–Kier alpha value is -2.48. The van der Waals surface area contributed by atoms with E-state index in [1.54, 1.807) is 30.3 Å². The Balaban J connectivity index is 1.97. The number of amides is 4. The van der Waals surface area contributed by atoms with Crippen molar-refractivity contribution in [1.82, 2.24) is 5.32 Å². The number of carboxylic acids is 1. The molecule has 0 atom stereocenters. The number of halogens is 2. The summed E-state index contributed by atoms with van der Waals surface area (Å²) in [6, 6.07) is 9.32. The topological polar surface area (TPSA) is 113 Å². The molecule has 4 amide bonds. The lowest BCUT2D eigenvalue weighted by Gasteiger charge is -2.26. The summed E-state index contributed by atoms with van der Waals surface area (Å²) in [7, 11) is 0. The van der Waals surface area contributed by atoms with Crippen LogP contribution in [0.15, 0.2) is 42.0 Å². The molecular formula is C20H14I2N2O6. The van der Waals surface area contributed by atoms with Gasteiger partial charge < -0.3 is 9.84 Å². The molecule has 1 saturated heterocycles. The van der Waals surface area contributed by atoms with Crippen molar-refractivity contribution in [2.45, 2.75) is 6.92 Å². The zero-order valence-electron chi connectivity index (χ0n) is 15.4. The lowest BCUT2D eigenvalue weighted by atomic mass is 10.1. The van der Waals surface area contributed by atoms with E-state index in [0.717, 1.165) is 10.5 Å². The van der Waals surface area contributed by atoms with Gasteiger partial charge in [0.2, 0.25) is 0 Å². The van der Waals surface area contributed by atoms with Gasteiger partial charge in [0.1, 0.15) is 11.3 Å². The standard InChI is InChI=1S/C20H14I2N2O6/c1-10-3-2-4-12(5-10)24-19(28)13(18(27)23-20(24)29)6-11-7-14(21)17(15(22)8-11)30-9-16(25)26/h2-8H,9H2,1H3,(H,25,26)(H,23,27,29)/b13-6+. The largest absolute Gasteiger partial charge is 0.480 e. The van der Waals surface area contributed by atoms with E-state index in [0.29, 0.717) is 24.1 Å². The van der Waals surface area contributed by atoms with Crippen LogP contribution in [0.3, 0.4) is 0 Å². The maximum atomic E-state index is 13.0. The minimum atomic E-state index is -1.10. The molecule has 0 unspecified atom stereocenters. The van der Waals surface area contributed by atoms with Gasteiger partial charge in [-0.2, -0.15) is 0 Å². The Kier molecular flexibility index (Phi) is 6.75. The van der Waals surface area contributed by atoms with Gasteiger partial charge in [-0.1, -0.05) is 12.1 Å². The molecule has 1 aliphatic heterocycles. The molecule has 3 rings (SSSR count). The number of anilines is 1. The molecule has 2 N–H and O–H groups in total. The smallest absolute Gasteiger partial charge is 0.341 e. The maximum Gasteiger partial charge on any atom is 0.341 e. The lowest BCUT2D eigenvalue weighted by Crippen LogP contribution is -2.54. The quantitative estimate of drug-likeness (QED) is 0.297. The van der Waals surface area contributed by atoms with Gasteiger partial charge in [0.25, 0.3) is 11.8 Å². The molecule has 30 heavy (non-hydrogen) atoms. The van der Waals surface area contributed by atoms with Gasteiger partial charge in [0, 0.05) is 0 Å². The fourth-order valence-corrected chi connectivity index (χ4v) is 4.89. The van der Waals surface area contributed by atoms with Crippen LogP contribution in [0.5, 0.6) is 5.75 Å². The second kappa shape index (κ2) is 9.12. The number of aliphatic carboxylic acids is 1. The number of carbonyl (C=O) groups excluding carboxylic acids is 3. The first-order valence-corrected chi connectivity index (χ1v) is 10.6. The summed E-state index contributed by atoms with van der Waals surface area (Å²) in [4.78, 5) is 49.2. The van der Waals surface area contributed by atoms with E-state index in [2.05, 4.69) is 5.32 Å². The van der Waals surface area contributed by atoms with Crippen molar-refractivity contribution in [3.63, 3.8) is 0 Å². The number of barbiturate groups is 1. The van der Waals surface area contributed by atoms with Crippen LogP contribution >= 0.6 is 45.2 Å². The molecule has 154 valence electrons. The SMILES string of the molecule is Cc1cccc(N2C(=O)NC(=O)/C(=C\c3cc(I)c(OCC(=O)O)c(I)c3)C2=O)c1. The van der Waals surface area contributed by atoms with Crippen LogP contribution in [0.4, 0.5) is 10.5 Å². The van der Waals surface area contributed by atoms with E-state index in [1.165, 1.54) is 6.08 Å². The molecule has 8 nitrogen and oxygen atoms in total. The first-order chi connectivity index (χ1) is 14.2. The van der Waals surface area contributed by atoms with Gasteiger partial charge in [0.15, 0.2) is 6.61 Å². The summed E-state index contributed by atoms with van der Waals surface area (Å²) in [5, 5.41) is 11.0. The van der Waals surface area contributed by atoms with Gasteiger partial charge in [-0.05, 0) is 93.6 Å². The van der Waals surface area contributed by atoms with Crippen LogP contribution in [-0.2, 0) is 14.4 Å². The monoisotopic (exact) mass is 632 g/mol. The molecule has 10 heteroatoms. The summed E-state index contributed by atoms with van der Waals surface area (Å²) in [5.41, 5.74) is 1.56. The highest BCUT2D eigenvalue weighted by atomic mass is 127. The van der Waals surface area contributed by atoms with Gasteiger partial charge in [0.05, 0.1) is 12.8 Å². The molecule has 0 aromatic heterocycles. The number of rotatable bonds is 5. The summed E-state index contributed by atoms with van der Waals surface area (Å²) in [6.07, 6.45) is 1.39.